The van der Waals surface area contributed by atoms with Crippen molar-refractivity contribution in [3.63, 3.8) is 0 Å². The maximum Gasteiger partial charge on any atom is 0.361 e. The molecule has 2 aromatic heterocycles. The number of nitrogens with zero attached hydrogens (tertiary/aromatic N) is 4. The molecule has 0 fully saturated rings. The molecule has 3 rings (SSSR count). The molecule has 0 saturated heterocycles. The number of esters is 2. The third-order valence-electron chi connectivity index (χ3n) is 4.63. The number of nitrogens with one attached hydrogen (secondary N) is 1. The van der Waals surface area contributed by atoms with Crippen LogP contribution in [0.5, 0.6) is 5.75 Å². The van der Waals surface area contributed by atoms with Gasteiger partial charge in [0.2, 0.25) is 0 Å². The van der Waals surface area contributed by atoms with Gasteiger partial charge in [0.05, 0.1) is 30.5 Å². The minimum atomic E-state index is -0.811. The monoisotopic (exact) mass is 533 g/mol. The maximum absolute atomic E-state index is 13.1. The van der Waals surface area contributed by atoms with Gasteiger partial charge in [-0.25, -0.2) is 14.3 Å². The normalized spacial score (nSPS) is 10.6. The van der Waals surface area contributed by atoms with E-state index in [0.29, 0.717) is 22.5 Å². The predicted molar refractivity (Wildman–Crippen MR) is 126 cm³/mol. The number of hydrogen-bond donors (Lipinski definition) is 1. The van der Waals surface area contributed by atoms with Gasteiger partial charge in [-0.05, 0) is 61.0 Å². The summed E-state index contributed by atoms with van der Waals surface area (Å²) in [7, 11) is 1.53. The van der Waals surface area contributed by atoms with Crippen LogP contribution < -0.4 is 10.1 Å². The molecule has 1 amide bonds. The number of hydrogen-bond acceptors (Lipinski definition) is 8. The van der Waals surface area contributed by atoms with Crippen molar-refractivity contribution in [2.24, 2.45) is 0 Å². The second-order valence-corrected chi connectivity index (χ2v) is 7.61. The van der Waals surface area contributed by atoms with E-state index in [4.69, 9.17) is 14.2 Å². The zero-order valence-corrected chi connectivity index (χ0v) is 20.7. The highest BCUT2D eigenvalue weighted by Gasteiger charge is 2.32. The molecule has 12 heteroatoms. The van der Waals surface area contributed by atoms with Crippen LogP contribution in [0, 0.1) is 0 Å². The van der Waals surface area contributed by atoms with Crippen molar-refractivity contribution in [2.75, 3.05) is 25.6 Å². The largest absolute Gasteiger partial charge is 0.497 e. The fourth-order valence-corrected chi connectivity index (χ4v) is 3.56. The molecule has 1 aromatic carbocycles. The zero-order valence-electron chi connectivity index (χ0n) is 19.1. The van der Waals surface area contributed by atoms with Crippen LogP contribution in [0.2, 0.25) is 0 Å². The number of rotatable bonds is 9. The summed E-state index contributed by atoms with van der Waals surface area (Å²) in [5, 5.41) is 11.1. The first-order valence-corrected chi connectivity index (χ1v) is 11.3. The molecule has 34 heavy (non-hydrogen) atoms. The molecule has 0 spiro atoms. The fraction of sp³-hybridized carbons (Fsp3) is 0.318. The molecule has 3 aromatic rings. The Morgan fingerprint density at radius 3 is 2.18 bits per heavy atom. The third-order valence-corrected chi connectivity index (χ3v) is 5.21. The zero-order chi connectivity index (χ0) is 24.8. The second-order valence-electron chi connectivity index (χ2n) is 6.76. The number of ether oxygens (including phenoxy) is 3. The summed E-state index contributed by atoms with van der Waals surface area (Å²) in [6.45, 7) is 5.84. The van der Waals surface area contributed by atoms with Gasteiger partial charge in [-0.1, -0.05) is 0 Å². The molecular formula is C22H24BrN5O6. The van der Waals surface area contributed by atoms with Gasteiger partial charge in [-0.3, -0.25) is 9.48 Å². The van der Waals surface area contributed by atoms with Crippen LogP contribution in [0.1, 0.15) is 52.2 Å². The van der Waals surface area contributed by atoms with E-state index in [1.54, 1.807) is 49.0 Å². The van der Waals surface area contributed by atoms with Gasteiger partial charge < -0.3 is 19.5 Å². The minimum absolute atomic E-state index is 0.0706. The van der Waals surface area contributed by atoms with E-state index in [2.05, 4.69) is 31.4 Å². The van der Waals surface area contributed by atoms with Crippen molar-refractivity contribution in [1.29, 1.82) is 0 Å². The Labute approximate surface area is 204 Å². The summed E-state index contributed by atoms with van der Waals surface area (Å²) < 4.78 is 18.7. The summed E-state index contributed by atoms with van der Waals surface area (Å²) in [6.07, 6.45) is 1.65. The van der Waals surface area contributed by atoms with Gasteiger partial charge in [-0.15, -0.1) is 0 Å². The van der Waals surface area contributed by atoms with Crippen LogP contribution >= 0.6 is 15.9 Å². The Morgan fingerprint density at radius 2 is 1.62 bits per heavy atom. The quantitative estimate of drug-likeness (QED) is 0.414. The van der Waals surface area contributed by atoms with Crippen molar-refractivity contribution in [3.05, 3.63) is 52.0 Å². The lowest BCUT2D eigenvalue weighted by Crippen LogP contribution is -2.20. The molecule has 180 valence electrons. The van der Waals surface area contributed by atoms with Crippen molar-refractivity contribution in [1.82, 2.24) is 19.6 Å². The Morgan fingerprint density at radius 1 is 0.971 bits per heavy atom. The van der Waals surface area contributed by atoms with Crippen molar-refractivity contribution < 1.29 is 28.6 Å². The van der Waals surface area contributed by atoms with Gasteiger partial charge in [0.25, 0.3) is 5.91 Å². The molecule has 0 bridgehead atoms. The summed E-state index contributed by atoms with van der Waals surface area (Å²) in [5.41, 5.74) is -0.0275. The van der Waals surface area contributed by atoms with Crippen molar-refractivity contribution in [3.8, 4) is 11.4 Å². The van der Waals surface area contributed by atoms with E-state index >= 15 is 0 Å². The van der Waals surface area contributed by atoms with Crippen LogP contribution in [0.4, 0.5) is 5.69 Å². The van der Waals surface area contributed by atoms with E-state index in [0.717, 1.165) is 0 Å². The molecule has 0 aliphatic rings. The van der Waals surface area contributed by atoms with E-state index in [9.17, 15) is 14.4 Å². The van der Waals surface area contributed by atoms with Crippen molar-refractivity contribution in [2.45, 2.75) is 27.3 Å². The van der Waals surface area contributed by atoms with E-state index in [-0.39, 0.29) is 36.0 Å². The second kappa shape index (κ2) is 11.0. The highest BCUT2D eigenvalue weighted by molar-refractivity contribution is 9.10. The number of halogens is 1. The maximum atomic E-state index is 13.1. The minimum Gasteiger partial charge on any atom is -0.497 e. The molecule has 11 nitrogen and oxygen atoms in total. The fourth-order valence-electron chi connectivity index (χ4n) is 3.06. The van der Waals surface area contributed by atoms with Crippen LogP contribution in [0.25, 0.3) is 5.69 Å². The number of aromatic nitrogens is 4. The topological polar surface area (TPSA) is 127 Å². The van der Waals surface area contributed by atoms with Gasteiger partial charge in [0.1, 0.15) is 11.4 Å². The molecule has 0 aliphatic heterocycles. The van der Waals surface area contributed by atoms with E-state index in [1.807, 2.05) is 6.92 Å². The van der Waals surface area contributed by atoms with Gasteiger partial charge in [0.15, 0.2) is 17.1 Å². The number of carbonyl (C=O) groups is 3. The first-order valence-electron chi connectivity index (χ1n) is 10.5. The van der Waals surface area contributed by atoms with E-state index in [1.165, 1.54) is 11.8 Å². The Hall–Kier alpha value is -3.67. The van der Waals surface area contributed by atoms with E-state index < -0.39 is 17.8 Å². The third kappa shape index (κ3) is 5.11. The highest BCUT2D eigenvalue weighted by atomic mass is 79.9. The predicted octanol–water partition coefficient (Wildman–Crippen LogP) is 3.47. The molecule has 1 N–H and O–H groups in total. The highest BCUT2D eigenvalue weighted by Crippen LogP contribution is 2.28. The average Bonchev–Trinajstić information content (AvgIpc) is 3.40. The molecule has 2 heterocycles. The Balaban J connectivity index is 2.18. The van der Waals surface area contributed by atoms with Crippen LogP contribution in [0.15, 0.2) is 34.9 Å². The van der Waals surface area contributed by atoms with Gasteiger partial charge >= 0.3 is 11.9 Å². The lowest BCUT2D eigenvalue weighted by molar-refractivity contribution is 0.0510. The molecule has 0 unspecified atom stereocenters. The average molecular weight is 534 g/mol. The molecule has 0 aliphatic carbocycles. The number of carbonyl (C=O) groups excluding carboxylic acids is 3. The van der Waals surface area contributed by atoms with Gasteiger partial charge in [0, 0.05) is 12.7 Å². The molecule has 0 atom stereocenters. The van der Waals surface area contributed by atoms with Gasteiger partial charge in [-0.2, -0.15) is 10.2 Å². The van der Waals surface area contributed by atoms with Crippen LogP contribution in [-0.2, 0) is 16.0 Å². The number of methoxy groups -OCH3 is 1. The smallest absolute Gasteiger partial charge is 0.361 e. The first-order chi connectivity index (χ1) is 16.3. The number of anilines is 1. The number of aryl methyl sites for hydroxylation is 1. The van der Waals surface area contributed by atoms with Crippen molar-refractivity contribution >= 4 is 39.5 Å². The number of benzene rings is 1. The lowest BCUT2D eigenvalue weighted by atomic mass is 10.2. The standard InChI is InChI=1S/C22H24BrN5O6/c1-5-27-12-15(23)16(25-27)20(29)24-17-18(21(30)33-6-2)26-28(19(17)22(31)34-7-3)13-8-10-14(32-4)11-9-13/h8-12H,5-7H2,1-4H3,(H,24,29). The molecule has 0 radical (unpaired) electrons. The lowest BCUT2D eigenvalue weighted by Gasteiger charge is -2.10. The van der Waals surface area contributed by atoms with Crippen LogP contribution in [-0.4, -0.2) is 57.7 Å². The summed E-state index contributed by atoms with van der Waals surface area (Å²) in [6, 6.07) is 6.63. The Bertz CT molecular complexity index is 1200. The SMILES string of the molecule is CCOC(=O)c1nn(-c2ccc(OC)cc2)c(C(=O)OCC)c1NC(=O)c1nn(CC)cc1Br. The summed E-state index contributed by atoms with van der Waals surface area (Å²) >= 11 is 3.31. The summed E-state index contributed by atoms with van der Waals surface area (Å²) in [4.78, 5) is 38.8. The first kappa shape index (κ1) is 25.0. The summed E-state index contributed by atoms with van der Waals surface area (Å²) in [5.74, 6) is -1.66. The van der Waals surface area contributed by atoms with Crippen LogP contribution in [0.3, 0.4) is 0 Å². The molecule has 0 saturated carbocycles. The Kier molecular flexibility index (Phi) is 8.05. The number of amides is 1. The molecular weight excluding hydrogens is 510 g/mol.